The van der Waals surface area contributed by atoms with E-state index in [9.17, 15) is 19.5 Å². The van der Waals surface area contributed by atoms with Crippen LogP contribution in [-0.4, -0.2) is 75.5 Å². The monoisotopic (exact) mass is 738 g/mol. The van der Waals surface area contributed by atoms with Crippen molar-refractivity contribution in [3.8, 4) is 0 Å². The Balaban J connectivity index is 4.11. The summed E-state index contributed by atoms with van der Waals surface area (Å²) >= 11 is 0. The van der Waals surface area contributed by atoms with Crippen LogP contribution in [0.1, 0.15) is 200 Å². The molecule has 306 valence electrons. The van der Waals surface area contributed by atoms with E-state index in [-0.39, 0.29) is 49.1 Å². The van der Waals surface area contributed by atoms with E-state index in [2.05, 4.69) is 19.9 Å². The molecule has 2 unspecified atom stereocenters. The van der Waals surface area contributed by atoms with Crippen molar-refractivity contribution in [1.82, 2.24) is 0 Å². The third-order valence-corrected chi connectivity index (χ3v) is 9.92. The molecule has 0 aromatic rings. The minimum atomic E-state index is -1.13. The number of rotatable bonds is 39. The Morgan fingerprint density at radius 1 is 0.558 bits per heavy atom. The van der Waals surface area contributed by atoms with E-state index in [0.717, 1.165) is 32.1 Å². The number of hydrogen-bond donors (Lipinski definition) is 0. The number of nitrogens with zero attached hydrogens (tertiary/aromatic N) is 1. The number of carboxylic acids is 1. The smallest absolute Gasteiger partial charge is 0.306 e. The molecule has 52 heavy (non-hydrogen) atoms. The van der Waals surface area contributed by atoms with Crippen LogP contribution in [0.15, 0.2) is 12.2 Å². The number of carbonyl (C=O) groups is 3. The van der Waals surface area contributed by atoms with Crippen molar-refractivity contribution in [3.63, 3.8) is 0 Å². The van der Waals surface area contributed by atoms with Crippen molar-refractivity contribution in [3.05, 3.63) is 12.2 Å². The van der Waals surface area contributed by atoms with Gasteiger partial charge in [-0.05, 0) is 25.7 Å². The van der Waals surface area contributed by atoms with Gasteiger partial charge >= 0.3 is 11.9 Å². The van der Waals surface area contributed by atoms with E-state index in [1.165, 1.54) is 128 Å². The summed E-state index contributed by atoms with van der Waals surface area (Å²) in [6.45, 7) is 4.57. The van der Waals surface area contributed by atoms with Crippen LogP contribution in [0.5, 0.6) is 0 Å². The van der Waals surface area contributed by atoms with Gasteiger partial charge < -0.3 is 28.6 Å². The van der Waals surface area contributed by atoms with E-state index in [1.807, 2.05) is 6.08 Å². The highest BCUT2D eigenvalue weighted by Gasteiger charge is 2.25. The second-order valence-corrected chi connectivity index (χ2v) is 15.9. The van der Waals surface area contributed by atoms with Gasteiger partial charge in [0, 0.05) is 19.3 Å². The third-order valence-electron chi connectivity index (χ3n) is 9.92. The summed E-state index contributed by atoms with van der Waals surface area (Å²) in [4.78, 5) is 36.6. The molecule has 0 fully saturated rings. The molecular formula is C44H83NO7. The number of unbranched alkanes of at least 4 members (excludes halogenated alkanes) is 23. The van der Waals surface area contributed by atoms with Crippen molar-refractivity contribution < 1.29 is 38.2 Å². The summed E-state index contributed by atoms with van der Waals surface area (Å²) in [6.07, 6.45) is 37.1. The Labute approximate surface area is 320 Å². The Kier molecular flexibility index (Phi) is 34.7. The highest BCUT2D eigenvalue weighted by atomic mass is 16.6. The number of carboxylic acid groups (broad SMARTS) is 1. The number of likely N-dealkylation sites (N-methyl/N-ethyl adjacent to an activating group) is 1. The first-order chi connectivity index (χ1) is 25.1. The van der Waals surface area contributed by atoms with E-state index in [1.54, 1.807) is 21.1 Å². The molecule has 0 aromatic carbocycles. The molecule has 0 bridgehead atoms. The lowest BCUT2D eigenvalue weighted by atomic mass is 10.0. The largest absolute Gasteiger partial charge is 0.544 e. The van der Waals surface area contributed by atoms with Crippen molar-refractivity contribution in [1.29, 1.82) is 0 Å². The van der Waals surface area contributed by atoms with Crippen LogP contribution in [0.2, 0.25) is 0 Å². The first-order valence-corrected chi connectivity index (χ1v) is 21.7. The minimum Gasteiger partial charge on any atom is -0.544 e. The molecule has 0 saturated heterocycles. The lowest BCUT2D eigenvalue weighted by Crippen LogP contribution is -2.55. The zero-order valence-corrected chi connectivity index (χ0v) is 34.7. The molecule has 0 aliphatic heterocycles. The topological polar surface area (TPSA) is 102 Å². The molecule has 2 atom stereocenters. The molecule has 0 N–H and O–H groups in total. The molecular weight excluding hydrogens is 654 g/mol. The van der Waals surface area contributed by atoms with Gasteiger partial charge in [0.2, 0.25) is 0 Å². The number of quaternary nitrogens is 1. The van der Waals surface area contributed by atoms with Gasteiger partial charge in [0.25, 0.3) is 0 Å². The lowest BCUT2D eigenvalue weighted by Gasteiger charge is -2.34. The normalized spacial score (nSPS) is 13.0. The molecule has 0 spiro atoms. The molecule has 0 aromatic heterocycles. The van der Waals surface area contributed by atoms with Crippen LogP contribution in [0.25, 0.3) is 0 Å². The van der Waals surface area contributed by atoms with Gasteiger partial charge in [0.1, 0.15) is 12.6 Å². The van der Waals surface area contributed by atoms with Gasteiger partial charge in [-0.15, -0.1) is 0 Å². The quantitative estimate of drug-likeness (QED) is 0.0268. The molecule has 0 radical (unpaired) electrons. The average molecular weight is 738 g/mol. The van der Waals surface area contributed by atoms with Crippen LogP contribution in [0, 0.1) is 0 Å². The van der Waals surface area contributed by atoms with Gasteiger partial charge in [-0.3, -0.25) is 9.59 Å². The second kappa shape index (κ2) is 36.1. The summed E-state index contributed by atoms with van der Waals surface area (Å²) < 4.78 is 17.0. The summed E-state index contributed by atoms with van der Waals surface area (Å²) in [6, 6.07) is -0.725. The van der Waals surface area contributed by atoms with Gasteiger partial charge in [0.15, 0.2) is 6.10 Å². The summed E-state index contributed by atoms with van der Waals surface area (Å²) in [7, 11) is 5.39. The fraction of sp³-hybridized carbons (Fsp3) is 0.886. The number of esters is 2. The van der Waals surface area contributed by atoms with Crippen molar-refractivity contribution in [2.45, 2.75) is 212 Å². The van der Waals surface area contributed by atoms with E-state index < -0.39 is 18.1 Å². The Bertz CT molecular complexity index is 869. The predicted molar refractivity (Wildman–Crippen MR) is 213 cm³/mol. The first kappa shape index (κ1) is 50.1. The number of aliphatic carboxylic acids is 1. The zero-order chi connectivity index (χ0) is 38.5. The van der Waals surface area contributed by atoms with E-state index in [4.69, 9.17) is 14.2 Å². The number of allylic oxidation sites excluding steroid dienone is 2. The Morgan fingerprint density at radius 3 is 1.46 bits per heavy atom. The van der Waals surface area contributed by atoms with Crippen LogP contribution < -0.4 is 5.11 Å². The minimum absolute atomic E-state index is 0.0299. The molecule has 8 heteroatoms. The zero-order valence-electron chi connectivity index (χ0n) is 34.7. The highest BCUT2D eigenvalue weighted by Crippen LogP contribution is 2.16. The molecule has 0 aliphatic carbocycles. The fourth-order valence-corrected chi connectivity index (χ4v) is 6.50. The van der Waals surface area contributed by atoms with Crippen LogP contribution in [-0.2, 0) is 28.6 Å². The van der Waals surface area contributed by atoms with E-state index >= 15 is 0 Å². The molecule has 8 nitrogen and oxygen atoms in total. The van der Waals surface area contributed by atoms with Crippen molar-refractivity contribution >= 4 is 17.9 Å². The van der Waals surface area contributed by atoms with Crippen LogP contribution in [0.4, 0.5) is 0 Å². The van der Waals surface area contributed by atoms with Gasteiger partial charge in [-0.25, -0.2) is 0 Å². The van der Waals surface area contributed by atoms with E-state index in [0.29, 0.717) is 12.8 Å². The standard InChI is InChI=1S/C44H83NO7/c1-6-8-10-12-14-15-16-17-18-19-20-21-22-23-24-25-26-27-29-30-32-34-42(46)51-39-40(38-50-37-36-41(44(48)49)45(3,4)5)52-43(47)35-33-31-28-13-11-9-7-2/h28,31,40-41H,6-27,29-30,32-39H2,1-5H3/b31-28+. The summed E-state index contributed by atoms with van der Waals surface area (Å²) in [5.41, 5.74) is 0. The van der Waals surface area contributed by atoms with Crippen LogP contribution >= 0.6 is 0 Å². The SMILES string of the molecule is CCCCC/C=C/CCC(=O)OC(COCCC(C(=O)[O-])[N+](C)(C)C)COC(=O)CCCCCCCCCCCCCCCCCCCCCCC. The Hall–Kier alpha value is -1.93. The maximum atomic E-state index is 12.5. The van der Waals surface area contributed by atoms with Gasteiger partial charge in [0.05, 0.1) is 40.3 Å². The van der Waals surface area contributed by atoms with Crippen molar-refractivity contribution in [2.75, 3.05) is 41.0 Å². The Morgan fingerprint density at radius 2 is 1.00 bits per heavy atom. The number of ether oxygens (including phenoxy) is 3. The predicted octanol–water partition coefficient (Wildman–Crippen LogP) is 10.2. The fourth-order valence-electron chi connectivity index (χ4n) is 6.50. The first-order valence-electron chi connectivity index (χ1n) is 21.7. The highest BCUT2D eigenvalue weighted by molar-refractivity contribution is 5.70. The molecule has 0 rings (SSSR count). The summed E-state index contributed by atoms with van der Waals surface area (Å²) in [5.74, 6) is -1.79. The van der Waals surface area contributed by atoms with Gasteiger partial charge in [-0.1, -0.05) is 167 Å². The lowest BCUT2D eigenvalue weighted by molar-refractivity contribution is -0.889. The summed E-state index contributed by atoms with van der Waals surface area (Å²) in [5, 5.41) is 11.6. The number of hydrogen-bond acceptors (Lipinski definition) is 7. The maximum absolute atomic E-state index is 12.5. The second-order valence-electron chi connectivity index (χ2n) is 15.9. The molecule has 0 saturated carbocycles. The van der Waals surface area contributed by atoms with Gasteiger partial charge in [-0.2, -0.15) is 0 Å². The third kappa shape index (κ3) is 33.9. The van der Waals surface area contributed by atoms with Crippen molar-refractivity contribution in [2.24, 2.45) is 0 Å². The maximum Gasteiger partial charge on any atom is 0.306 e. The molecule has 0 aliphatic rings. The average Bonchev–Trinajstić information content (AvgIpc) is 3.09. The molecule has 0 heterocycles. The molecule has 0 amide bonds. The van der Waals surface area contributed by atoms with Crippen LogP contribution in [0.3, 0.4) is 0 Å². The number of carbonyl (C=O) groups excluding carboxylic acids is 3.